The second-order valence-electron chi connectivity index (χ2n) is 18.4. The molecular weight excluding hydrogens is 865 g/mol. The topological polar surface area (TPSA) is 156 Å². The molecule has 8 rings (SSSR count). The molecule has 3 aliphatic rings. The number of amides is 4. The molecule has 69 heavy (non-hydrogen) atoms. The molecule has 1 heterocycles. The highest BCUT2D eigenvalue weighted by atomic mass is 16.2. The molecule has 0 spiro atoms. The number of azo groups is 1. The number of carbonyl (C=O) groups is 5. The van der Waals surface area contributed by atoms with Crippen LogP contribution in [0.2, 0.25) is 0 Å². The summed E-state index contributed by atoms with van der Waals surface area (Å²) in [7, 11) is 0. The van der Waals surface area contributed by atoms with Crippen LogP contribution in [0.25, 0.3) is 33.0 Å². The molecule has 5 aromatic rings. The molecule has 0 bridgehead atoms. The maximum absolute atomic E-state index is 14.9. The van der Waals surface area contributed by atoms with Gasteiger partial charge in [-0.25, -0.2) is 0 Å². The quantitative estimate of drug-likeness (QED) is 0.0391. The summed E-state index contributed by atoms with van der Waals surface area (Å²) >= 11 is 0. The van der Waals surface area contributed by atoms with E-state index < -0.39 is 29.1 Å². The number of carbonyl (C=O) groups excluding carboxylic acids is 5. The van der Waals surface area contributed by atoms with Gasteiger partial charge in [-0.05, 0) is 167 Å². The Labute approximate surface area is 405 Å². The zero-order chi connectivity index (χ0) is 48.8. The van der Waals surface area contributed by atoms with Crippen LogP contribution in [0.5, 0.6) is 0 Å². The summed E-state index contributed by atoms with van der Waals surface area (Å²) in [4.78, 5) is 75.2. The van der Waals surface area contributed by atoms with Crippen molar-refractivity contribution in [2.75, 3.05) is 62.6 Å². The van der Waals surface area contributed by atoms with Crippen LogP contribution in [-0.4, -0.2) is 97.6 Å². The molecule has 5 aromatic carbocycles. The van der Waals surface area contributed by atoms with E-state index in [0.717, 1.165) is 110 Å². The van der Waals surface area contributed by atoms with Crippen LogP contribution in [0.1, 0.15) is 110 Å². The largest absolute Gasteiger partial charge is 0.352 e. The second kappa shape index (κ2) is 21.2. The van der Waals surface area contributed by atoms with Crippen LogP contribution in [0, 0.1) is 0 Å². The molecule has 0 saturated carbocycles. The first-order valence-electron chi connectivity index (χ1n) is 24.6. The van der Waals surface area contributed by atoms with Gasteiger partial charge in [-0.3, -0.25) is 28.9 Å². The molecule has 358 valence electrons. The predicted octanol–water partition coefficient (Wildman–Crippen LogP) is 10.1. The van der Waals surface area contributed by atoms with Crippen molar-refractivity contribution in [1.29, 1.82) is 0 Å². The van der Waals surface area contributed by atoms with Crippen molar-refractivity contribution in [1.82, 2.24) is 20.4 Å². The number of nitrogens with one attached hydrogen (secondary N) is 3. The van der Waals surface area contributed by atoms with Gasteiger partial charge in [0.05, 0.1) is 11.4 Å². The van der Waals surface area contributed by atoms with E-state index in [0.29, 0.717) is 18.8 Å². The number of hydrogen-bond acceptors (Lipinski definition) is 9. The van der Waals surface area contributed by atoms with Crippen molar-refractivity contribution in [2.24, 2.45) is 10.2 Å². The molecule has 4 amide bonds. The summed E-state index contributed by atoms with van der Waals surface area (Å²) in [5, 5.41) is 19.6. The number of anilines is 2. The van der Waals surface area contributed by atoms with E-state index in [4.69, 9.17) is 0 Å². The molecule has 2 unspecified atom stereocenters. The minimum atomic E-state index is -1.41. The smallest absolute Gasteiger partial charge is 0.265 e. The van der Waals surface area contributed by atoms with Gasteiger partial charge >= 0.3 is 0 Å². The molecule has 2 atom stereocenters. The van der Waals surface area contributed by atoms with Crippen molar-refractivity contribution >= 4 is 57.2 Å². The van der Waals surface area contributed by atoms with E-state index in [1.807, 2.05) is 6.07 Å². The molecule has 1 aliphatic heterocycles. The molecule has 2 aliphatic carbocycles. The fraction of sp³-hybridized carbons (Fsp3) is 0.375. The monoisotopic (exact) mass is 928 g/mol. The Balaban J connectivity index is 1.00. The molecule has 0 fully saturated rings. The molecular formula is C56H64N8O5. The number of Topliss-reactive ketones (excluding diaryl/α,β-unsaturated/α-hetero) is 1. The van der Waals surface area contributed by atoms with Gasteiger partial charge in [-0.15, -0.1) is 0 Å². The normalized spacial score (nSPS) is 16.1. The number of rotatable bonds is 20. The second-order valence-corrected chi connectivity index (χ2v) is 18.4. The Morgan fingerprint density at radius 3 is 1.88 bits per heavy atom. The van der Waals surface area contributed by atoms with Gasteiger partial charge in [-0.2, -0.15) is 10.2 Å². The van der Waals surface area contributed by atoms with Gasteiger partial charge < -0.3 is 25.8 Å². The first-order valence-corrected chi connectivity index (χ1v) is 24.6. The van der Waals surface area contributed by atoms with E-state index >= 15 is 0 Å². The number of allylic oxidation sites excluding steroid dienone is 2. The Bertz CT molecular complexity index is 2800. The minimum Gasteiger partial charge on any atom is -0.352 e. The lowest BCUT2D eigenvalue weighted by atomic mass is 9.73. The molecule has 0 saturated heterocycles. The van der Waals surface area contributed by atoms with Crippen LogP contribution < -0.4 is 20.9 Å². The predicted molar refractivity (Wildman–Crippen MR) is 274 cm³/mol. The lowest BCUT2D eigenvalue weighted by Crippen LogP contribution is -2.42. The standard InChI is InChI=1S/C56H64N8O5/c1-7-62(8-2)30-16-28-57-52(66)38-32-39(53(67)58-29-17-31-63(9-3)10-4)34-41(33-38)59-54(68)37-23-25-40(26-24-37)60-61-50(36(5)65)55(69)64-48-22-13-14-27-56(48,6)47-35-46-43-19-12-11-18-42(43)44-20-15-21-45(49(44)46)51(47)64/h11-12,15,18-26,32-35,50H,7-10,13-14,16-17,27-31H2,1-6H3,(H,57,66)(H,58,67)(H,59,68). The SMILES string of the molecule is CCN(CC)CCCNC(=O)c1cc(NC(=O)c2ccc(N=NC(C(C)=O)C(=O)N3C4=CCCCC4(C)c4cc5c6c(cccc6c43)-c3ccccc3-5)cc2)cc(C(=O)NCCCN(CC)CC)c1. The van der Waals surface area contributed by atoms with Crippen molar-refractivity contribution in [3.8, 4) is 22.3 Å². The number of ketones is 1. The highest BCUT2D eigenvalue weighted by Gasteiger charge is 2.50. The minimum absolute atomic E-state index is 0.253. The Morgan fingerprint density at radius 1 is 0.696 bits per heavy atom. The van der Waals surface area contributed by atoms with Crippen molar-refractivity contribution in [3.63, 3.8) is 0 Å². The maximum atomic E-state index is 14.9. The lowest BCUT2D eigenvalue weighted by molar-refractivity contribution is -0.127. The number of hydrogen-bond donors (Lipinski definition) is 3. The zero-order valence-electron chi connectivity index (χ0n) is 40.8. The third-order valence-corrected chi connectivity index (χ3v) is 14.1. The summed E-state index contributed by atoms with van der Waals surface area (Å²) in [6.07, 6.45) is 6.34. The van der Waals surface area contributed by atoms with Crippen LogP contribution in [0.4, 0.5) is 17.1 Å². The van der Waals surface area contributed by atoms with Gasteiger partial charge in [0, 0.05) is 52.0 Å². The number of benzene rings is 5. The lowest BCUT2D eigenvalue weighted by Gasteiger charge is -2.33. The summed E-state index contributed by atoms with van der Waals surface area (Å²) in [5.74, 6) is -2.06. The van der Waals surface area contributed by atoms with Gasteiger partial charge in [0.2, 0.25) is 6.04 Å². The van der Waals surface area contributed by atoms with Crippen LogP contribution in [0.3, 0.4) is 0 Å². The average Bonchev–Trinajstić information content (AvgIpc) is 3.83. The van der Waals surface area contributed by atoms with E-state index in [2.05, 4.69) is 119 Å². The van der Waals surface area contributed by atoms with Crippen molar-refractivity contribution in [3.05, 3.63) is 125 Å². The number of nitrogens with zero attached hydrogens (tertiary/aromatic N) is 5. The van der Waals surface area contributed by atoms with Gasteiger partial charge in [0.1, 0.15) is 0 Å². The summed E-state index contributed by atoms with van der Waals surface area (Å²) in [6.45, 7) is 18.3. The van der Waals surface area contributed by atoms with Crippen molar-refractivity contribution in [2.45, 2.75) is 85.1 Å². The van der Waals surface area contributed by atoms with Crippen molar-refractivity contribution < 1.29 is 24.0 Å². The third-order valence-electron chi connectivity index (χ3n) is 14.1. The molecule has 13 nitrogen and oxygen atoms in total. The highest BCUT2D eigenvalue weighted by Crippen LogP contribution is 2.59. The fourth-order valence-corrected chi connectivity index (χ4v) is 10.2. The summed E-state index contributed by atoms with van der Waals surface area (Å²) < 4.78 is 0. The van der Waals surface area contributed by atoms with E-state index in [-0.39, 0.29) is 34.2 Å². The van der Waals surface area contributed by atoms with E-state index in [1.165, 1.54) is 18.1 Å². The molecule has 0 aromatic heterocycles. The highest BCUT2D eigenvalue weighted by molar-refractivity contribution is 6.24. The summed E-state index contributed by atoms with van der Waals surface area (Å²) in [5.41, 5.74) is 8.36. The first-order chi connectivity index (χ1) is 33.4. The van der Waals surface area contributed by atoms with Gasteiger partial charge in [-0.1, -0.05) is 76.2 Å². The molecule has 0 radical (unpaired) electrons. The molecule has 3 N–H and O–H groups in total. The third kappa shape index (κ3) is 9.89. The van der Waals surface area contributed by atoms with Crippen LogP contribution >= 0.6 is 0 Å². The summed E-state index contributed by atoms with van der Waals surface area (Å²) in [6, 6.07) is 26.5. The van der Waals surface area contributed by atoms with Crippen LogP contribution in [-0.2, 0) is 15.0 Å². The Kier molecular flexibility index (Phi) is 14.9. The van der Waals surface area contributed by atoms with E-state index in [1.54, 1.807) is 47.4 Å². The Morgan fingerprint density at radius 2 is 1.29 bits per heavy atom. The first kappa shape index (κ1) is 48.6. The van der Waals surface area contributed by atoms with Gasteiger partial charge in [0.25, 0.3) is 23.6 Å². The fourth-order valence-electron chi connectivity index (χ4n) is 10.2. The average molecular weight is 929 g/mol. The zero-order valence-corrected chi connectivity index (χ0v) is 40.8. The number of fused-ring (bicyclic) bond motifs is 7. The van der Waals surface area contributed by atoms with Crippen LogP contribution in [0.15, 0.2) is 113 Å². The molecule has 13 heteroatoms. The van der Waals surface area contributed by atoms with E-state index in [9.17, 15) is 24.0 Å². The Hall–Kier alpha value is -6.83. The van der Waals surface area contributed by atoms with Gasteiger partial charge in [0.15, 0.2) is 5.78 Å². The maximum Gasteiger partial charge on any atom is 0.265 e.